The van der Waals surface area contributed by atoms with Crippen LogP contribution in [-0.2, 0) is 4.79 Å². The molecule has 6 nitrogen and oxygen atoms in total. The second kappa shape index (κ2) is 7.92. The van der Waals surface area contributed by atoms with E-state index in [0.29, 0.717) is 22.4 Å². The molecule has 0 saturated heterocycles. The first-order valence-corrected chi connectivity index (χ1v) is 8.00. The van der Waals surface area contributed by atoms with Gasteiger partial charge in [0.2, 0.25) is 5.91 Å². The molecule has 0 aliphatic carbocycles. The van der Waals surface area contributed by atoms with Crippen LogP contribution in [0.2, 0.25) is 0 Å². The van der Waals surface area contributed by atoms with Gasteiger partial charge >= 0.3 is 0 Å². The number of hydrogen-bond acceptors (Lipinski definition) is 4. The van der Waals surface area contributed by atoms with Crippen LogP contribution in [0.1, 0.15) is 24.2 Å². The summed E-state index contributed by atoms with van der Waals surface area (Å²) in [5.41, 5.74) is 0.530. The fourth-order valence-electron chi connectivity index (χ4n) is 2.10. The van der Waals surface area contributed by atoms with Gasteiger partial charge in [0.25, 0.3) is 5.91 Å². The molecule has 7 heteroatoms. The van der Waals surface area contributed by atoms with Crippen LogP contribution >= 0.6 is 15.9 Å². The van der Waals surface area contributed by atoms with E-state index in [1.807, 2.05) is 19.9 Å². The zero-order valence-corrected chi connectivity index (χ0v) is 14.5. The molecule has 2 rings (SSSR count). The lowest BCUT2D eigenvalue weighted by Crippen LogP contribution is -2.40. The summed E-state index contributed by atoms with van der Waals surface area (Å²) in [4.78, 5) is 26.4. The summed E-state index contributed by atoms with van der Waals surface area (Å²) < 4.78 is 5.37. The van der Waals surface area contributed by atoms with Crippen LogP contribution in [0.25, 0.3) is 0 Å². The Hall–Kier alpha value is -2.15. The lowest BCUT2D eigenvalue weighted by molar-refractivity contribution is -0.117. The average molecular weight is 380 g/mol. The number of benzene rings is 1. The molecule has 0 unspecified atom stereocenters. The summed E-state index contributed by atoms with van der Waals surface area (Å²) in [6.07, 6.45) is 1.37. The maximum atomic E-state index is 12.7. The third kappa shape index (κ3) is 4.92. The van der Waals surface area contributed by atoms with E-state index in [1.54, 1.807) is 24.3 Å². The molecule has 0 spiro atoms. The second-order valence-electron chi connectivity index (χ2n) is 5.49. The Morgan fingerprint density at radius 1 is 1.30 bits per heavy atom. The fraction of sp³-hybridized carbons (Fsp3) is 0.312. The van der Waals surface area contributed by atoms with Gasteiger partial charge in [-0.25, -0.2) is 0 Å². The van der Waals surface area contributed by atoms with Crippen molar-refractivity contribution >= 4 is 33.6 Å². The van der Waals surface area contributed by atoms with Crippen LogP contribution in [0.5, 0.6) is 0 Å². The number of nitrogens with one attached hydrogen (secondary N) is 1. The summed E-state index contributed by atoms with van der Waals surface area (Å²) >= 11 is 3.38. The minimum Gasteiger partial charge on any atom is -0.363 e. The van der Waals surface area contributed by atoms with Gasteiger partial charge in [-0.1, -0.05) is 31.1 Å². The van der Waals surface area contributed by atoms with E-state index in [9.17, 15) is 9.59 Å². The van der Waals surface area contributed by atoms with Crippen molar-refractivity contribution in [1.82, 2.24) is 10.1 Å². The number of anilines is 1. The Morgan fingerprint density at radius 2 is 2.04 bits per heavy atom. The normalized spacial score (nSPS) is 10.6. The lowest BCUT2D eigenvalue weighted by Gasteiger charge is -2.24. The molecule has 2 aromatic rings. The number of halogens is 1. The smallest absolute Gasteiger partial charge is 0.255 e. The van der Waals surface area contributed by atoms with E-state index in [-0.39, 0.29) is 24.3 Å². The predicted molar refractivity (Wildman–Crippen MR) is 90.0 cm³/mol. The Bertz CT molecular complexity index is 671. The highest BCUT2D eigenvalue weighted by molar-refractivity contribution is 9.10. The first-order chi connectivity index (χ1) is 11.0. The molecule has 0 aliphatic heterocycles. The van der Waals surface area contributed by atoms with Crippen molar-refractivity contribution in [1.29, 1.82) is 0 Å². The first-order valence-electron chi connectivity index (χ1n) is 7.21. The summed E-state index contributed by atoms with van der Waals surface area (Å²) in [6.45, 7) is 4.42. The third-order valence-electron chi connectivity index (χ3n) is 3.02. The molecule has 1 aromatic heterocycles. The van der Waals surface area contributed by atoms with E-state index in [2.05, 4.69) is 30.9 Å². The molecule has 1 heterocycles. The van der Waals surface area contributed by atoms with Gasteiger partial charge < -0.3 is 14.7 Å². The fourth-order valence-corrected chi connectivity index (χ4v) is 2.55. The van der Waals surface area contributed by atoms with E-state index in [1.165, 1.54) is 11.2 Å². The Labute approximate surface area is 143 Å². The average Bonchev–Trinajstić information content (AvgIpc) is 2.98. The molecule has 0 radical (unpaired) electrons. The van der Waals surface area contributed by atoms with Gasteiger partial charge in [-0.15, -0.1) is 0 Å². The molecular formula is C16H18BrN3O3. The van der Waals surface area contributed by atoms with Crippen molar-refractivity contribution < 1.29 is 14.1 Å². The van der Waals surface area contributed by atoms with Crippen molar-refractivity contribution in [2.45, 2.75) is 13.8 Å². The van der Waals surface area contributed by atoms with Gasteiger partial charge in [0, 0.05) is 17.1 Å². The molecule has 1 aromatic carbocycles. The number of aromatic nitrogens is 1. The van der Waals surface area contributed by atoms with Crippen molar-refractivity contribution in [3.05, 3.63) is 46.6 Å². The molecular weight excluding hydrogens is 362 g/mol. The predicted octanol–water partition coefficient (Wildman–Crippen LogP) is 3.17. The summed E-state index contributed by atoms with van der Waals surface area (Å²) in [5, 5.41) is 6.22. The van der Waals surface area contributed by atoms with Crippen molar-refractivity contribution in [3.63, 3.8) is 0 Å². The number of carbonyl (C=O) groups excluding carboxylic acids is 2. The highest BCUT2D eigenvalue weighted by Crippen LogP contribution is 2.18. The number of rotatable bonds is 6. The quantitative estimate of drug-likeness (QED) is 0.835. The molecule has 23 heavy (non-hydrogen) atoms. The van der Waals surface area contributed by atoms with Gasteiger partial charge in [0.1, 0.15) is 12.8 Å². The van der Waals surface area contributed by atoms with Gasteiger partial charge in [-0.2, -0.15) is 0 Å². The molecule has 0 aliphatic rings. The molecule has 2 amide bonds. The van der Waals surface area contributed by atoms with Gasteiger partial charge in [-0.3, -0.25) is 9.59 Å². The van der Waals surface area contributed by atoms with Crippen molar-refractivity contribution in [2.75, 3.05) is 18.4 Å². The molecule has 122 valence electrons. The van der Waals surface area contributed by atoms with E-state index >= 15 is 0 Å². The van der Waals surface area contributed by atoms with Crippen LogP contribution in [0.3, 0.4) is 0 Å². The summed E-state index contributed by atoms with van der Waals surface area (Å²) in [7, 11) is 0. The second-order valence-corrected chi connectivity index (χ2v) is 6.35. The van der Waals surface area contributed by atoms with Crippen molar-refractivity contribution in [3.8, 4) is 0 Å². The van der Waals surface area contributed by atoms with Crippen LogP contribution in [0.4, 0.5) is 5.82 Å². The SMILES string of the molecule is CC(C)CN(CC(=O)Nc1ccon1)C(=O)c1ccccc1Br. The molecule has 1 N–H and O–H groups in total. The van der Waals surface area contributed by atoms with Crippen LogP contribution in [0.15, 0.2) is 45.6 Å². The Balaban J connectivity index is 2.11. The highest BCUT2D eigenvalue weighted by Gasteiger charge is 2.21. The molecule has 0 bridgehead atoms. The zero-order valence-electron chi connectivity index (χ0n) is 13.0. The largest absolute Gasteiger partial charge is 0.363 e. The lowest BCUT2D eigenvalue weighted by atomic mass is 10.1. The van der Waals surface area contributed by atoms with E-state index in [4.69, 9.17) is 0 Å². The monoisotopic (exact) mass is 379 g/mol. The van der Waals surface area contributed by atoms with Gasteiger partial charge in [0.05, 0.1) is 5.56 Å². The number of carbonyl (C=O) groups is 2. The van der Waals surface area contributed by atoms with Crippen LogP contribution in [0, 0.1) is 5.92 Å². The Kier molecular flexibility index (Phi) is 5.92. The topological polar surface area (TPSA) is 75.4 Å². The van der Waals surface area contributed by atoms with Crippen LogP contribution in [-0.4, -0.2) is 35.0 Å². The van der Waals surface area contributed by atoms with Crippen molar-refractivity contribution in [2.24, 2.45) is 5.92 Å². The molecule has 0 atom stereocenters. The summed E-state index contributed by atoms with van der Waals surface area (Å²) in [5.74, 6) is 0.0514. The van der Waals surface area contributed by atoms with E-state index < -0.39 is 0 Å². The number of hydrogen-bond donors (Lipinski definition) is 1. The molecule has 0 fully saturated rings. The molecule has 0 saturated carbocycles. The number of nitrogens with zero attached hydrogens (tertiary/aromatic N) is 2. The third-order valence-corrected chi connectivity index (χ3v) is 3.71. The zero-order chi connectivity index (χ0) is 16.8. The van der Waals surface area contributed by atoms with Gasteiger partial charge in [-0.05, 0) is 34.0 Å². The highest BCUT2D eigenvalue weighted by atomic mass is 79.9. The van der Waals surface area contributed by atoms with Crippen LogP contribution < -0.4 is 5.32 Å². The number of amides is 2. The minimum atomic E-state index is -0.319. The maximum Gasteiger partial charge on any atom is 0.255 e. The maximum absolute atomic E-state index is 12.7. The first kappa shape index (κ1) is 17.2. The minimum absolute atomic E-state index is 0.0504. The van der Waals surface area contributed by atoms with Gasteiger partial charge in [0.15, 0.2) is 5.82 Å². The van der Waals surface area contributed by atoms with E-state index in [0.717, 1.165) is 0 Å². The summed E-state index contributed by atoms with van der Waals surface area (Å²) in [6, 6.07) is 8.71. The Morgan fingerprint density at radius 3 is 2.65 bits per heavy atom. The standard InChI is InChI=1S/C16H18BrN3O3/c1-11(2)9-20(10-15(21)18-14-7-8-23-19-14)16(22)12-5-3-4-6-13(12)17/h3-8,11H,9-10H2,1-2H3,(H,18,19,21).